The highest BCUT2D eigenvalue weighted by atomic mass is 79.9. The van der Waals surface area contributed by atoms with Gasteiger partial charge in [0.05, 0.1) is 0 Å². The summed E-state index contributed by atoms with van der Waals surface area (Å²) >= 11 is 15.3. The van der Waals surface area contributed by atoms with Crippen molar-refractivity contribution >= 4 is 39.1 Å². The largest absolute Gasteiger partial charge is 0.0928 e. The van der Waals surface area contributed by atoms with Crippen molar-refractivity contribution in [1.29, 1.82) is 0 Å². The predicted molar refractivity (Wildman–Crippen MR) is 63.2 cm³/mol. The van der Waals surface area contributed by atoms with Gasteiger partial charge in [-0.15, -0.1) is 0 Å². The molecular weight excluding hydrogens is 271 g/mol. The molecular formula is C10H11BrCl2. The first kappa shape index (κ1) is 11.4. The summed E-state index contributed by atoms with van der Waals surface area (Å²) in [5, 5.41) is 2.63. The Morgan fingerprint density at radius 1 is 1.15 bits per heavy atom. The molecule has 0 heterocycles. The molecule has 0 aliphatic heterocycles. The molecule has 0 unspecified atom stereocenters. The Bertz CT molecular complexity index is 274. The normalized spacial score (nSPS) is 10.4. The van der Waals surface area contributed by atoms with E-state index in [4.69, 9.17) is 23.2 Å². The minimum Gasteiger partial charge on any atom is -0.0928 e. The lowest BCUT2D eigenvalue weighted by molar-refractivity contribution is 0.806. The zero-order valence-electron chi connectivity index (χ0n) is 7.19. The molecule has 1 rings (SSSR count). The van der Waals surface area contributed by atoms with Gasteiger partial charge in [-0.25, -0.2) is 0 Å². The van der Waals surface area contributed by atoms with Crippen molar-refractivity contribution in [3.05, 3.63) is 33.8 Å². The molecule has 0 radical (unpaired) electrons. The minimum absolute atomic E-state index is 0.762. The van der Waals surface area contributed by atoms with E-state index in [1.54, 1.807) is 0 Å². The van der Waals surface area contributed by atoms with Crippen LogP contribution in [0.5, 0.6) is 0 Å². The predicted octanol–water partition coefficient (Wildman–Crippen LogP) is 4.71. The molecule has 0 aliphatic rings. The van der Waals surface area contributed by atoms with Crippen molar-refractivity contribution in [3.8, 4) is 0 Å². The van der Waals surface area contributed by atoms with Crippen LogP contribution in [0.25, 0.3) is 0 Å². The van der Waals surface area contributed by atoms with Gasteiger partial charge in [-0.1, -0.05) is 39.1 Å². The third-order valence-electron chi connectivity index (χ3n) is 1.84. The summed E-state index contributed by atoms with van der Waals surface area (Å²) in [4.78, 5) is 0. The number of hydrogen-bond acceptors (Lipinski definition) is 0. The molecule has 1 aromatic carbocycles. The van der Waals surface area contributed by atoms with E-state index in [1.165, 1.54) is 6.42 Å². The molecule has 3 heteroatoms. The molecule has 72 valence electrons. The van der Waals surface area contributed by atoms with Crippen molar-refractivity contribution in [2.45, 2.75) is 19.3 Å². The van der Waals surface area contributed by atoms with Crippen LogP contribution in [-0.2, 0) is 6.42 Å². The first-order chi connectivity index (χ1) is 6.24. The summed E-state index contributed by atoms with van der Waals surface area (Å²) in [5.41, 5.74) is 1.15. The van der Waals surface area contributed by atoms with Crippen molar-refractivity contribution in [2.24, 2.45) is 0 Å². The fraction of sp³-hybridized carbons (Fsp3) is 0.400. The lowest BCUT2D eigenvalue weighted by Crippen LogP contribution is -1.87. The van der Waals surface area contributed by atoms with Gasteiger partial charge in [0.25, 0.3) is 0 Å². The Balaban J connectivity index is 2.59. The third-order valence-corrected chi connectivity index (χ3v) is 3.00. The molecule has 0 bridgehead atoms. The van der Waals surface area contributed by atoms with E-state index < -0.39 is 0 Å². The fourth-order valence-corrected chi connectivity index (χ4v) is 1.95. The molecule has 0 saturated heterocycles. The first-order valence-corrected chi connectivity index (χ1v) is 6.11. The minimum atomic E-state index is 0.762. The number of unbranched alkanes of at least 4 members (excludes halogenated alkanes) is 1. The molecule has 0 fully saturated rings. The maximum atomic E-state index is 6.00. The van der Waals surface area contributed by atoms with Crippen LogP contribution in [0.4, 0.5) is 0 Å². The van der Waals surface area contributed by atoms with Crippen LogP contribution < -0.4 is 0 Å². The highest BCUT2D eigenvalue weighted by Crippen LogP contribution is 2.22. The van der Waals surface area contributed by atoms with Gasteiger partial charge in [0.15, 0.2) is 0 Å². The molecule has 0 spiro atoms. The highest BCUT2D eigenvalue weighted by molar-refractivity contribution is 9.09. The van der Waals surface area contributed by atoms with Crippen LogP contribution in [0.3, 0.4) is 0 Å². The molecule has 0 N–H and O–H groups in total. The third kappa shape index (κ3) is 3.88. The van der Waals surface area contributed by atoms with Crippen LogP contribution in [0.2, 0.25) is 10.0 Å². The molecule has 1 aromatic rings. The van der Waals surface area contributed by atoms with Gasteiger partial charge < -0.3 is 0 Å². The second-order valence-corrected chi connectivity index (χ2v) is 4.52. The van der Waals surface area contributed by atoms with Crippen LogP contribution >= 0.6 is 39.1 Å². The quantitative estimate of drug-likeness (QED) is 0.554. The van der Waals surface area contributed by atoms with Crippen LogP contribution in [0.15, 0.2) is 18.2 Å². The first-order valence-electron chi connectivity index (χ1n) is 4.24. The van der Waals surface area contributed by atoms with Gasteiger partial charge in [0, 0.05) is 15.4 Å². The highest BCUT2D eigenvalue weighted by Gasteiger charge is 2.00. The number of alkyl halides is 1. The van der Waals surface area contributed by atoms with E-state index in [0.717, 1.165) is 33.8 Å². The van der Waals surface area contributed by atoms with Crippen molar-refractivity contribution in [2.75, 3.05) is 5.33 Å². The number of rotatable bonds is 4. The van der Waals surface area contributed by atoms with Gasteiger partial charge in [-0.2, -0.15) is 0 Å². The van der Waals surface area contributed by atoms with Gasteiger partial charge in [0.2, 0.25) is 0 Å². The number of hydrogen-bond donors (Lipinski definition) is 0. The molecule has 0 aliphatic carbocycles. The summed E-state index contributed by atoms with van der Waals surface area (Å²) in [6.45, 7) is 0. The lowest BCUT2D eigenvalue weighted by atomic mass is 10.1. The Morgan fingerprint density at radius 3 is 2.62 bits per heavy atom. The molecule has 0 amide bonds. The van der Waals surface area contributed by atoms with E-state index in [2.05, 4.69) is 15.9 Å². The fourth-order valence-electron chi connectivity index (χ4n) is 1.14. The molecule has 13 heavy (non-hydrogen) atoms. The Kier molecular flexibility index (Phi) is 5.15. The monoisotopic (exact) mass is 280 g/mol. The molecule has 0 aromatic heterocycles. The van der Waals surface area contributed by atoms with Gasteiger partial charge in [-0.05, 0) is 43.0 Å². The Hall–Kier alpha value is 0.280. The zero-order valence-corrected chi connectivity index (χ0v) is 10.3. The van der Waals surface area contributed by atoms with Crippen LogP contribution in [0, 0.1) is 0 Å². The van der Waals surface area contributed by atoms with E-state index in [0.29, 0.717) is 0 Å². The van der Waals surface area contributed by atoms with Crippen LogP contribution in [-0.4, -0.2) is 5.33 Å². The average molecular weight is 282 g/mol. The number of aryl methyl sites for hydroxylation is 1. The maximum absolute atomic E-state index is 6.00. The van der Waals surface area contributed by atoms with E-state index in [9.17, 15) is 0 Å². The zero-order chi connectivity index (χ0) is 9.68. The standard InChI is InChI=1S/C10H11BrCl2/c11-6-2-1-3-8-7-9(12)4-5-10(8)13/h4-5,7H,1-3,6H2. The second kappa shape index (κ2) is 5.90. The summed E-state index contributed by atoms with van der Waals surface area (Å²) in [7, 11) is 0. The summed E-state index contributed by atoms with van der Waals surface area (Å²) < 4.78 is 0. The van der Waals surface area contributed by atoms with E-state index in [1.807, 2.05) is 18.2 Å². The summed E-state index contributed by atoms with van der Waals surface area (Å²) in [6, 6.07) is 5.61. The van der Waals surface area contributed by atoms with Crippen molar-refractivity contribution in [1.82, 2.24) is 0 Å². The Labute approximate surface area is 97.4 Å². The number of halogens is 3. The molecule has 0 saturated carbocycles. The van der Waals surface area contributed by atoms with E-state index in [-0.39, 0.29) is 0 Å². The number of benzene rings is 1. The van der Waals surface area contributed by atoms with Gasteiger partial charge in [0.1, 0.15) is 0 Å². The van der Waals surface area contributed by atoms with Crippen molar-refractivity contribution in [3.63, 3.8) is 0 Å². The van der Waals surface area contributed by atoms with Gasteiger partial charge in [-0.3, -0.25) is 0 Å². The Morgan fingerprint density at radius 2 is 1.92 bits per heavy atom. The SMILES string of the molecule is Clc1ccc(Cl)c(CCCCBr)c1. The van der Waals surface area contributed by atoms with Gasteiger partial charge >= 0.3 is 0 Å². The summed E-state index contributed by atoms with van der Waals surface area (Å²) in [6.07, 6.45) is 3.32. The molecule has 0 atom stereocenters. The smallest absolute Gasteiger partial charge is 0.0439 e. The van der Waals surface area contributed by atoms with E-state index >= 15 is 0 Å². The van der Waals surface area contributed by atoms with Crippen molar-refractivity contribution < 1.29 is 0 Å². The molecule has 0 nitrogen and oxygen atoms in total. The second-order valence-electron chi connectivity index (χ2n) is 2.88. The summed E-state index contributed by atoms with van der Waals surface area (Å²) in [5.74, 6) is 0. The lowest BCUT2D eigenvalue weighted by Gasteiger charge is -2.03. The topological polar surface area (TPSA) is 0 Å². The average Bonchev–Trinajstić information content (AvgIpc) is 2.11. The maximum Gasteiger partial charge on any atom is 0.0439 e. The van der Waals surface area contributed by atoms with Crippen LogP contribution in [0.1, 0.15) is 18.4 Å².